The van der Waals surface area contributed by atoms with Gasteiger partial charge in [-0.15, -0.1) is 0 Å². The van der Waals surface area contributed by atoms with Crippen molar-refractivity contribution in [2.24, 2.45) is 0 Å². The molecule has 0 fully saturated rings. The van der Waals surface area contributed by atoms with Crippen molar-refractivity contribution in [1.82, 2.24) is 15.5 Å². The van der Waals surface area contributed by atoms with Crippen LogP contribution in [0.5, 0.6) is 0 Å². The average molecular weight is 481 g/mol. The van der Waals surface area contributed by atoms with E-state index in [1.807, 2.05) is 19.0 Å². The van der Waals surface area contributed by atoms with Crippen molar-refractivity contribution >= 4 is 23.3 Å². The molecular weight excluding hydrogens is 448 g/mol. The number of aliphatic hydroxyl groups is 2. The first-order chi connectivity index (χ1) is 16.7. The molecule has 0 aliphatic rings. The van der Waals surface area contributed by atoms with Crippen molar-refractivity contribution in [3.05, 3.63) is 65.2 Å². The highest BCUT2D eigenvalue weighted by molar-refractivity contribution is 5.98. The zero-order valence-corrected chi connectivity index (χ0v) is 20.2. The van der Waals surface area contributed by atoms with E-state index in [0.717, 1.165) is 18.7 Å². The summed E-state index contributed by atoms with van der Waals surface area (Å²) >= 11 is 0. The highest BCUT2D eigenvalue weighted by Crippen LogP contribution is 2.10. The number of benzene rings is 2. The van der Waals surface area contributed by atoms with Gasteiger partial charge in [0.1, 0.15) is 12.6 Å². The van der Waals surface area contributed by atoms with Crippen LogP contribution >= 0.6 is 0 Å². The number of carbonyl (C=O) groups excluding carboxylic acids is 3. The summed E-state index contributed by atoms with van der Waals surface area (Å²) in [6, 6.07) is 12.5. The van der Waals surface area contributed by atoms with Crippen molar-refractivity contribution in [2.45, 2.75) is 19.1 Å². The fourth-order valence-electron chi connectivity index (χ4n) is 2.99. The normalized spacial score (nSPS) is 12.3. The van der Waals surface area contributed by atoms with E-state index < -0.39 is 30.4 Å². The number of rotatable bonds is 11. The van der Waals surface area contributed by atoms with E-state index >= 15 is 0 Å². The quantitative estimate of drug-likeness (QED) is 0.230. The first-order valence-corrected chi connectivity index (χ1v) is 11.2. The Hall–Kier alpha value is -3.55. The molecule has 0 saturated carbocycles. The third kappa shape index (κ3) is 9.68. The molecule has 0 aromatic heterocycles. The molecule has 2 aromatic rings. The molecule has 0 radical (unpaired) electrons. The molecule has 2 aromatic carbocycles. The Kier molecular flexibility index (Phi) is 11.1. The molecule has 9 nitrogen and oxygen atoms in total. The van der Waals surface area contributed by atoms with Crippen LogP contribution in [0.2, 0.25) is 0 Å². The van der Waals surface area contributed by atoms with E-state index in [1.54, 1.807) is 48.5 Å². The van der Waals surface area contributed by atoms with Gasteiger partial charge in [-0.05, 0) is 69.6 Å². The number of carbonyl (C=O) groups is 3. The lowest BCUT2D eigenvalue weighted by atomic mass is 10.1. The van der Waals surface area contributed by atoms with E-state index in [2.05, 4.69) is 27.8 Å². The van der Waals surface area contributed by atoms with Gasteiger partial charge >= 0.3 is 0 Å². The maximum atomic E-state index is 12.4. The number of likely N-dealkylation sites (N-methyl/N-ethyl adjacent to an activating group) is 1. The van der Waals surface area contributed by atoms with Gasteiger partial charge in [-0.1, -0.05) is 11.8 Å². The monoisotopic (exact) mass is 480 g/mol. The molecule has 0 aliphatic heterocycles. The summed E-state index contributed by atoms with van der Waals surface area (Å²) in [6.07, 6.45) is -1.13. The van der Waals surface area contributed by atoms with E-state index in [9.17, 15) is 19.5 Å². The summed E-state index contributed by atoms with van der Waals surface area (Å²) in [5.74, 6) is 4.71. The summed E-state index contributed by atoms with van der Waals surface area (Å²) in [5, 5.41) is 27.0. The van der Waals surface area contributed by atoms with Crippen LogP contribution < -0.4 is 16.0 Å². The Morgan fingerprint density at radius 1 is 0.971 bits per heavy atom. The predicted molar refractivity (Wildman–Crippen MR) is 134 cm³/mol. The Labute approximate surface area is 205 Å². The lowest BCUT2D eigenvalue weighted by Crippen LogP contribution is -2.48. The summed E-state index contributed by atoms with van der Waals surface area (Å²) in [5.41, 5.74) is 2.42. The van der Waals surface area contributed by atoms with Gasteiger partial charge in [0.25, 0.3) is 5.91 Å². The minimum Gasteiger partial charge on any atom is -0.391 e. The molecule has 5 N–H and O–H groups in total. The standard InChI is InChI=1S/C26H32N4O5/c1-18(32)25(23(33)17-31)29-26(35)21-10-6-19(7-11-21)4-5-20-8-12-22(13-9-20)28-24(34)16-27-14-15-30(2)3/h6-13,18,25,27,31-32H,14-17H2,1-3H3,(H,28,34)(H,29,35)/t18-,25+/m1/s1. The first kappa shape index (κ1) is 27.7. The van der Waals surface area contributed by atoms with Crippen LogP contribution in [0.4, 0.5) is 5.69 Å². The number of nitrogens with one attached hydrogen (secondary N) is 3. The van der Waals surface area contributed by atoms with Gasteiger partial charge in [-0.3, -0.25) is 14.4 Å². The van der Waals surface area contributed by atoms with Crippen LogP contribution in [0.15, 0.2) is 48.5 Å². The number of nitrogens with zero attached hydrogens (tertiary/aromatic N) is 1. The van der Waals surface area contributed by atoms with E-state index in [0.29, 0.717) is 16.8 Å². The largest absolute Gasteiger partial charge is 0.391 e. The zero-order chi connectivity index (χ0) is 25.8. The van der Waals surface area contributed by atoms with Crippen molar-refractivity contribution in [3.8, 4) is 11.8 Å². The van der Waals surface area contributed by atoms with Gasteiger partial charge in [0.05, 0.1) is 12.6 Å². The number of hydrogen-bond donors (Lipinski definition) is 5. The summed E-state index contributed by atoms with van der Waals surface area (Å²) in [6.45, 7) is 2.41. The third-order valence-electron chi connectivity index (χ3n) is 4.96. The predicted octanol–water partition coefficient (Wildman–Crippen LogP) is 0.217. The molecule has 0 bridgehead atoms. The second-order valence-electron chi connectivity index (χ2n) is 8.25. The van der Waals surface area contributed by atoms with Crippen molar-refractivity contribution in [1.29, 1.82) is 0 Å². The second-order valence-corrected chi connectivity index (χ2v) is 8.25. The number of Topliss-reactive ketones (excluding diaryl/α,β-unsaturated/α-hetero) is 1. The minimum atomic E-state index is -1.18. The summed E-state index contributed by atoms with van der Waals surface area (Å²) in [7, 11) is 3.95. The van der Waals surface area contributed by atoms with Crippen molar-refractivity contribution < 1.29 is 24.6 Å². The summed E-state index contributed by atoms with van der Waals surface area (Å²) < 4.78 is 0. The Morgan fingerprint density at radius 3 is 2.06 bits per heavy atom. The van der Waals surface area contributed by atoms with Crippen LogP contribution in [-0.4, -0.2) is 85.2 Å². The molecule has 0 aliphatic carbocycles. The van der Waals surface area contributed by atoms with Crippen molar-refractivity contribution in [3.63, 3.8) is 0 Å². The van der Waals surface area contributed by atoms with E-state index in [4.69, 9.17) is 5.11 Å². The van der Waals surface area contributed by atoms with E-state index in [1.165, 1.54) is 6.92 Å². The number of ketones is 1. The van der Waals surface area contributed by atoms with E-state index in [-0.39, 0.29) is 12.5 Å². The topological polar surface area (TPSA) is 131 Å². The number of aliphatic hydroxyl groups excluding tert-OH is 2. The Balaban J connectivity index is 1.91. The highest BCUT2D eigenvalue weighted by Gasteiger charge is 2.25. The summed E-state index contributed by atoms with van der Waals surface area (Å²) in [4.78, 5) is 38.0. The molecule has 2 atom stereocenters. The minimum absolute atomic E-state index is 0.118. The van der Waals surface area contributed by atoms with Crippen LogP contribution in [0.3, 0.4) is 0 Å². The average Bonchev–Trinajstić information content (AvgIpc) is 2.84. The third-order valence-corrected chi connectivity index (χ3v) is 4.96. The first-order valence-electron chi connectivity index (χ1n) is 11.2. The molecule has 9 heteroatoms. The fraction of sp³-hybridized carbons (Fsp3) is 0.346. The van der Waals surface area contributed by atoms with Gasteiger partial charge in [0.15, 0.2) is 5.78 Å². The maximum Gasteiger partial charge on any atom is 0.251 e. The molecule has 0 heterocycles. The van der Waals surface area contributed by atoms with Crippen LogP contribution in [0.1, 0.15) is 28.4 Å². The van der Waals surface area contributed by atoms with Crippen LogP contribution in [0.25, 0.3) is 0 Å². The molecule has 2 amide bonds. The molecule has 0 spiro atoms. The van der Waals surface area contributed by atoms with Crippen LogP contribution in [0, 0.1) is 11.8 Å². The molecule has 0 saturated heterocycles. The molecule has 2 rings (SSSR count). The lowest BCUT2D eigenvalue weighted by Gasteiger charge is -2.19. The maximum absolute atomic E-state index is 12.4. The van der Waals surface area contributed by atoms with Gasteiger partial charge in [-0.2, -0.15) is 0 Å². The Morgan fingerprint density at radius 2 is 1.54 bits per heavy atom. The highest BCUT2D eigenvalue weighted by atomic mass is 16.3. The SMILES string of the molecule is C[C@@H](O)[C@H](NC(=O)c1ccc(C#Cc2ccc(NC(=O)CNCCN(C)C)cc2)cc1)C(=O)CO. The Bertz CT molecular complexity index is 1050. The lowest BCUT2D eigenvalue weighted by molar-refractivity contribution is -0.125. The van der Waals surface area contributed by atoms with Gasteiger partial charge < -0.3 is 31.1 Å². The van der Waals surface area contributed by atoms with Gasteiger partial charge in [0.2, 0.25) is 5.91 Å². The molecule has 186 valence electrons. The number of anilines is 1. The second kappa shape index (κ2) is 14.0. The fourth-order valence-corrected chi connectivity index (χ4v) is 2.99. The molecule has 0 unspecified atom stereocenters. The van der Waals surface area contributed by atoms with Crippen molar-refractivity contribution in [2.75, 3.05) is 45.7 Å². The van der Waals surface area contributed by atoms with Gasteiger partial charge in [-0.25, -0.2) is 0 Å². The van der Waals surface area contributed by atoms with Crippen LogP contribution in [-0.2, 0) is 9.59 Å². The molecular formula is C26H32N4O5. The smallest absolute Gasteiger partial charge is 0.251 e. The number of amides is 2. The van der Waals surface area contributed by atoms with Gasteiger partial charge in [0, 0.05) is 35.5 Å². The number of hydrogen-bond acceptors (Lipinski definition) is 7. The zero-order valence-electron chi connectivity index (χ0n) is 20.2. The molecule has 35 heavy (non-hydrogen) atoms.